The lowest BCUT2D eigenvalue weighted by molar-refractivity contribution is 0.797. The molecule has 0 radical (unpaired) electrons. The average Bonchev–Trinajstić information content (AvgIpc) is 3.59. The SMILES string of the molecule is c1ccc(-c2nc(-c3ccccc3)nc(-c3ccc4c(c3)-c3ccccc3C43c4cccc5ccc6cccc3c6c45)n2)cc1. The zero-order chi connectivity index (χ0) is 29.5. The minimum atomic E-state index is -0.378. The monoisotopic (exact) mass is 571 g/mol. The van der Waals surface area contributed by atoms with E-state index in [1.54, 1.807) is 0 Å². The van der Waals surface area contributed by atoms with E-state index in [1.165, 1.54) is 54.9 Å². The maximum absolute atomic E-state index is 5.04. The van der Waals surface area contributed by atoms with E-state index < -0.39 is 0 Å². The maximum atomic E-state index is 5.04. The summed E-state index contributed by atoms with van der Waals surface area (Å²) in [5.74, 6) is 2.01. The number of aromatic nitrogens is 3. The first-order valence-electron chi connectivity index (χ1n) is 15.4. The van der Waals surface area contributed by atoms with Crippen LogP contribution in [0.25, 0.3) is 66.8 Å². The summed E-state index contributed by atoms with van der Waals surface area (Å²) in [7, 11) is 0. The molecule has 0 N–H and O–H groups in total. The van der Waals surface area contributed by atoms with E-state index in [1.807, 2.05) is 36.4 Å². The summed E-state index contributed by atoms with van der Waals surface area (Å²) in [5.41, 5.74) is 10.4. The predicted molar refractivity (Wildman–Crippen MR) is 182 cm³/mol. The van der Waals surface area contributed by atoms with Gasteiger partial charge in [-0.2, -0.15) is 0 Å². The van der Waals surface area contributed by atoms with Crippen LogP contribution in [0.4, 0.5) is 0 Å². The maximum Gasteiger partial charge on any atom is 0.164 e. The van der Waals surface area contributed by atoms with Crippen LogP contribution >= 0.6 is 0 Å². The standard InChI is InChI=1S/C42H25N3/c1-3-11-28(12-4-1)39-43-40(29-13-5-2-6-14-29)45-41(44-39)30-23-24-34-32(25-30)31-17-7-8-18-33(31)42(34)35-19-9-15-26-21-22-27-16-10-20-36(42)38(27)37(26)35/h1-25H. The highest BCUT2D eigenvalue weighted by Gasteiger charge is 2.50. The molecule has 45 heavy (non-hydrogen) atoms. The third kappa shape index (κ3) is 3.27. The predicted octanol–water partition coefficient (Wildman–Crippen LogP) is 9.86. The summed E-state index contributed by atoms with van der Waals surface area (Å²) in [6.07, 6.45) is 0. The number of nitrogens with zero attached hydrogens (tertiary/aromatic N) is 3. The summed E-state index contributed by atoms with van der Waals surface area (Å²) in [6.45, 7) is 0. The Kier molecular flexibility index (Phi) is 4.92. The first kappa shape index (κ1) is 24.5. The number of benzene rings is 7. The van der Waals surface area contributed by atoms with Gasteiger partial charge >= 0.3 is 0 Å². The topological polar surface area (TPSA) is 38.7 Å². The molecule has 1 heterocycles. The fraction of sp³-hybridized carbons (Fsp3) is 0.0238. The van der Waals surface area contributed by atoms with Gasteiger partial charge < -0.3 is 0 Å². The van der Waals surface area contributed by atoms with Crippen molar-refractivity contribution in [2.45, 2.75) is 5.41 Å². The zero-order valence-electron chi connectivity index (χ0n) is 24.3. The second-order valence-electron chi connectivity index (χ2n) is 12.0. The highest BCUT2D eigenvalue weighted by Crippen LogP contribution is 2.62. The van der Waals surface area contributed by atoms with E-state index in [4.69, 9.17) is 15.0 Å². The van der Waals surface area contributed by atoms with E-state index in [0.29, 0.717) is 17.5 Å². The third-order valence-corrected chi connectivity index (χ3v) is 9.70. The molecule has 1 aromatic heterocycles. The Labute approximate surface area is 260 Å². The van der Waals surface area contributed by atoms with Crippen LogP contribution < -0.4 is 0 Å². The van der Waals surface area contributed by atoms with E-state index >= 15 is 0 Å². The third-order valence-electron chi connectivity index (χ3n) is 9.70. The molecule has 0 bridgehead atoms. The lowest BCUT2D eigenvalue weighted by Crippen LogP contribution is -2.26. The highest BCUT2D eigenvalue weighted by molar-refractivity contribution is 6.17. The van der Waals surface area contributed by atoms with Gasteiger partial charge in [-0.15, -0.1) is 0 Å². The Morgan fingerprint density at radius 1 is 0.333 bits per heavy atom. The molecule has 0 atom stereocenters. The van der Waals surface area contributed by atoms with Crippen molar-refractivity contribution in [3.05, 3.63) is 174 Å². The van der Waals surface area contributed by atoms with Crippen molar-refractivity contribution in [1.82, 2.24) is 15.0 Å². The Morgan fingerprint density at radius 3 is 1.42 bits per heavy atom. The fourth-order valence-electron chi connectivity index (χ4n) is 7.87. The molecule has 0 unspecified atom stereocenters. The van der Waals surface area contributed by atoms with Gasteiger partial charge in [0.1, 0.15) is 0 Å². The van der Waals surface area contributed by atoms with Gasteiger partial charge in [0.2, 0.25) is 0 Å². The van der Waals surface area contributed by atoms with E-state index in [9.17, 15) is 0 Å². The van der Waals surface area contributed by atoms with Crippen molar-refractivity contribution in [3.8, 4) is 45.3 Å². The van der Waals surface area contributed by atoms with Gasteiger partial charge in [0.05, 0.1) is 5.41 Å². The van der Waals surface area contributed by atoms with Crippen molar-refractivity contribution in [3.63, 3.8) is 0 Å². The zero-order valence-corrected chi connectivity index (χ0v) is 24.3. The van der Waals surface area contributed by atoms with Crippen LogP contribution in [0.1, 0.15) is 22.3 Å². The van der Waals surface area contributed by atoms with Crippen molar-refractivity contribution >= 4 is 21.5 Å². The van der Waals surface area contributed by atoms with E-state index in [0.717, 1.165) is 16.7 Å². The fourth-order valence-corrected chi connectivity index (χ4v) is 7.87. The smallest absolute Gasteiger partial charge is 0.164 e. The molecule has 0 fully saturated rings. The van der Waals surface area contributed by atoms with Gasteiger partial charge in [-0.3, -0.25) is 0 Å². The van der Waals surface area contributed by atoms with E-state index in [-0.39, 0.29) is 5.41 Å². The molecule has 2 aliphatic carbocycles. The average molecular weight is 572 g/mol. The summed E-state index contributed by atoms with van der Waals surface area (Å²) in [4.78, 5) is 15.0. The molecule has 1 spiro atoms. The van der Waals surface area contributed by atoms with E-state index in [2.05, 4.69) is 115 Å². The van der Waals surface area contributed by atoms with Crippen LogP contribution in [-0.4, -0.2) is 15.0 Å². The van der Waals surface area contributed by atoms with Crippen molar-refractivity contribution in [2.75, 3.05) is 0 Å². The number of fused-ring (bicyclic) bond motifs is 7. The van der Waals surface area contributed by atoms with Crippen LogP contribution in [0.2, 0.25) is 0 Å². The van der Waals surface area contributed by atoms with Gasteiger partial charge in [-0.05, 0) is 61.0 Å². The second-order valence-corrected chi connectivity index (χ2v) is 12.0. The van der Waals surface area contributed by atoms with Gasteiger partial charge in [-0.25, -0.2) is 15.0 Å². The molecule has 0 amide bonds. The highest BCUT2D eigenvalue weighted by atomic mass is 15.0. The largest absolute Gasteiger partial charge is 0.208 e. The molecule has 0 saturated carbocycles. The van der Waals surface area contributed by atoms with Crippen LogP contribution in [-0.2, 0) is 5.41 Å². The minimum absolute atomic E-state index is 0.378. The number of rotatable bonds is 3. The molecule has 2 aliphatic rings. The second kappa shape index (κ2) is 9.04. The van der Waals surface area contributed by atoms with Gasteiger partial charge in [0.25, 0.3) is 0 Å². The van der Waals surface area contributed by atoms with Gasteiger partial charge in [0.15, 0.2) is 17.5 Å². The van der Waals surface area contributed by atoms with Crippen molar-refractivity contribution in [1.29, 1.82) is 0 Å². The minimum Gasteiger partial charge on any atom is -0.208 e. The first-order chi connectivity index (χ1) is 22.3. The molecule has 3 nitrogen and oxygen atoms in total. The van der Waals surface area contributed by atoms with Crippen molar-refractivity contribution in [2.24, 2.45) is 0 Å². The lowest BCUT2D eigenvalue weighted by atomic mass is 9.70. The summed E-state index contributed by atoms with van der Waals surface area (Å²) in [5, 5.41) is 5.32. The molecule has 3 heteroatoms. The molecule has 7 aromatic carbocycles. The summed E-state index contributed by atoms with van der Waals surface area (Å²) < 4.78 is 0. The molecule has 0 saturated heterocycles. The lowest BCUT2D eigenvalue weighted by Gasteiger charge is -2.30. The normalized spacial score (nSPS) is 13.5. The number of hydrogen-bond donors (Lipinski definition) is 0. The van der Waals surface area contributed by atoms with Crippen LogP contribution in [0, 0.1) is 0 Å². The van der Waals surface area contributed by atoms with Crippen LogP contribution in [0.15, 0.2) is 152 Å². The molecule has 8 aromatic rings. The first-order valence-corrected chi connectivity index (χ1v) is 15.4. The molecule has 10 rings (SSSR count). The summed E-state index contributed by atoms with van der Waals surface area (Å²) in [6, 6.07) is 54.2. The van der Waals surface area contributed by atoms with Crippen molar-refractivity contribution < 1.29 is 0 Å². The molecule has 0 aliphatic heterocycles. The van der Waals surface area contributed by atoms with Gasteiger partial charge in [0, 0.05) is 16.7 Å². The Morgan fingerprint density at radius 2 is 0.822 bits per heavy atom. The summed E-state index contributed by atoms with van der Waals surface area (Å²) >= 11 is 0. The molecular weight excluding hydrogens is 546 g/mol. The molecule has 208 valence electrons. The van der Waals surface area contributed by atoms with Gasteiger partial charge in [-0.1, -0.05) is 146 Å². The molecular formula is C42H25N3. The Hall–Kier alpha value is -5.93. The quantitative estimate of drug-likeness (QED) is 0.198. The number of hydrogen-bond acceptors (Lipinski definition) is 3. The van der Waals surface area contributed by atoms with Crippen LogP contribution in [0.5, 0.6) is 0 Å². The Bertz CT molecular complexity index is 2360. The van der Waals surface area contributed by atoms with Crippen LogP contribution in [0.3, 0.4) is 0 Å². The Balaban J connectivity index is 1.24.